The molecule has 1 atom stereocenters. The Bertz CT molecular complexity index is 399. The molecule has 1 aliphatic rings. The SMILES string of the molecule is COC1(C(N)Cc2ccccc2Br)CCCCCC1. The lowest BCUT2D eigenvalue weighted by Gasteiger charge is -2.37. The predicted octanol–water partition coefficient (Wildman–Crippen LogP) is 4.06. The molecule has 0 spiro atoms. The van der Waals surface area contributed by atoms with E-state index in [-0.39, 0.29) is 11.6 Å². The molecule has 3 heteroatoms. The molecule has 106 valence electrons. The van der Waals surface area contributed by atoms with Gasteiger partial charge in [0.1, 0.15) is 0 Å². The van der Waals surface area contributed by atoms with E-state index in [1.165, 1.54) is 31.2 Å². The summed E-state index contributed by atoms with van der Waals surface area (Å²) in [6.45, 7) is 0. The first-order valence-electron chi connectivity index (χ1n) is 7.22. The number of hydrogen-bond donors (Lipinski definition) is 1. The van der Waals surface area contributed by atoms with Gasteiger partial charge in [-0.3, -0.25) is 0 Å². The minimum atomic E-state index is -0.133. The number of nitrogens with two attached hydrogens (primary N) is 1. The number of hydrogen-bond acceptors (Lipinski definition) is 2. The topological polar surface area (TPSA) is 35.2 Å². The fourth-order valence-corrected chi connectivity index (χ4v) is 3.59. The van der Waals surface area contributed by atoms with Gasteiger partial charge in [-0.05, 0) is 30.9 Å². The van der Waals surface area contributed by atoms with Crippen molar-refractivity contribution < 1.29 is 4.74 Å². The van der Waals surface area contributed by atoms with Crippen LogP contribution in [0.3, 0.4) is 0 Å². The molecule has 1 aromatic rings. The maximum absolute atomic E-state index is 6.52. The Balaban J connectivity index is 2.12. The van der Waals surface area contributed by atoms with E-state index in [0.717, 1.165) is 23.7 Å². The summed E-state index contributed by atoms with van der Waals surface area (Å²) in [4.78, 5) is 0. The molecule has 1 aliphatic carbocycles. The van der Waals surface area contributed by atoms with Crippen molar-refractivity contribution in [1.82, 2.24) is 0 Å². The average molecular weight is 326 g/mol. The standard InChI is InChI=1S/C16H24BrNO/c1-19-16(10-6-2-3-7-11-16)15(18)12-13-8-4-5-9-14(13)17/h4-5,8-9,15H,2-3,6-7,10-12,18H2,1H3. The van der Waals surface area contributed by atoms with Crippen molar-refractivity contribution in [1.29, 1.82) is 0 Å². The van der Waals surface area contributed by atoms with Crippen molar-refractivity contribution in [3.8, 4) is 0 Å². The average Bonchev–Trinajstić information content (AvgIpc) is 2.67. The Labute approximate surface area is 124 Å². The van der Waals surface area contributed by atoms with Gasteiger partial charge < -0.3 is 10.5 Å². The number of ether oxygens (including phenoxy) is 1. The molecule has 1 saturated carbocycles. The van der Waals surface area contributed by atoms with Gasteiger partial charge in [-0.25, -0.2) is 0 Å². The predicted molar refractivity (Wildman–Crippen MR) is 83.3 cm³/mol. The van der Waals surface area contributed by atoms with Gasteiger partial charge in [-0.1, -0.05) is 59.8 Å². The summed E-state index contributed by atoms with van der Waals surface area (Å²) in [7, 11) is 1.82. The molecule has 2 rings (SSSR count). The van der Waals surface area contributed by atoms with Gasteiger partial charge in [0.15, 0.2) is 0 Å². The Kier molecular flexibility index (Phi) is 5.43. The monoisotopic (exact) mass is 325 g/mol. The molecule has 2 nitrogen and oxygen atoms in total. The summed E-state index contributed by atoms with van der Waals surface area (Å²) in [5, 5.41) is 0. The molecule has 0 aromatic heterocycles. The second-order valence-corrected chi connectivity index (χ2v) is 6.44. The maximum Gasteiger partial charge on any atom is 0.0832 e. The van der Waals surface area contributed by atoms with Gasteiger partial charge >= 0.3 is 0 Å². The molecule has 0 aliphatic heterocycles. The van der Waals surface area contributed by atoms with E-state index in [1.807, 2.05) is 13.2 Å². The van der Waals surface area contributed by atoms with E-state index in [0.29, 0.717) is 0 Å². The first kappa shape index (κ1) is 15.0. The van der Waals surface area contributed by atoms with Crippen LogP contribution in [0.15, 0.2) is 28.7 Å². The van der Waals surface area contributed by atoms with Crippen molar-refractivity contribution in [3.05, 3.63) is 34.3 Å². The summed E-state index contributed by atoms with van der Waals surface area (Å²) in [5.41, 5.74) is 7.66. The molecule has 0 saturated heterocycles. The molecule has 0 amide bonds. The normalized spacial score (nSPS) is 20.8. The minimum Gasteiger partial charge on any atom is -0.377 e. The number of halogens is 1. The molecule has 19 heavy (non-hydrogen) atoms. The lowest BCUT2D eigenvalue weighted by Crippen LogP contribution is -2.50. The Morgan fingerprint density at radius 1 is 1.21 bits per heavy atom. The first-order valence-corrected chi connectivity index (χ1v) is 8.01. The van der Waals surface area contributed by atoms with Crippen molar-refractivity contribution in [3.63, 3.8) is 0 Å². The van der Waals surface area contributed by atoms with Crippen LogP contribution in [0, 0.1) is 0 Å². The van der Waals surface area contributed by atoms with E-state index in [1.54, 1.807) is 0 Å². The zero-order chi connectivity index (χ0) is 13.7. The summed E-state index contributed by atoms with van der Waals surface area (Å²) >= 11 is 3.61. The van der Waals surface area contributed by atoms with Crippen LogP contribution in [0.5, 0.6) is 0 Å². The largest absolute Gasteiger partial charge is 0.377 e. The number of rotatable bonds is 4. The molecule has 1 fully saturated rings. The zero-order valence-corrected chi connectivity index (χ0v) is 13.3. The molecular formula is C16H24BrNO. The van der Waals surface area contributed by atoms with E-state index in [9.17, 15) is 0 Å². The minimum absolute atomic E-state index is 0.0642. The summed E-state index contributed by atoms with van der Waals surface area (Å²) in [6.07, 6.45) is 8.15. The third-order valence-electron chi connectivity index (χ3n) is 4.43. The Morgan fingerprint density at radius 2 is 1.84 bits per heavy atom. The van der Waals surface area contributed by atoms with Gasteiger partial charge in [0, 0.05) is 17.6 Å². The van der Waals surface area contributed by atoms with Crippen molar-refractivity contribution in [2.75, 3.05) is 7.11 Å². The van der Waals surface area contributed by atoms with Gasteiger partial charge in [0.2, 0.25) is 0 Å². The van der Waals surface area contributed by atoms with E-state index < -0.39 is 0 Å². The van der Waals surface area contributed by atoms with Crippen LogP contribution >= 0.6 is 15.9 Å². The van der Waals surface area contributed by atoms with Crippen LogP contribution in [0.25, 0.3) is 0 Å². The van der Waals surface area contributed by atoms with E-state index in [4.69, 9.17) is 10.5 Å². The second-order valence-electron chi connectivity index (χ2n) is 5.59. The molecular weight excluding hydrogens is 302 g/mol. The van der Waals surface area contributed by atoms with Crippen LogP contribution in [0.2, 0.25) is 0 Å². The lowest BCUT2D eigenvalue weighted by atomic mass is 9.83. The summed E-state index contributed by atoms with van der Waals surface area (Å²) in [6, 6.07) is 8.39. The number of benzene rings is 1. The van der Waals surface area contributed by atoms with E-state index in [2.05, 4.69) is 34.1 Å². The highest BCUT2D eigenvalue weighted by molar-refractivity contribution is 9.10. The van der Waals surface area contributed by atoms with Crippen LogP contribution in [0.4, 0.5) is 0 Å². The van der Waals surface area contributed by atoms with Gasteiger partial charge in [0.05, 0.1) is 5.60 Å². The maximum atomic E-state index is 6.52. The highest BCUT2D eigenvalue weighted by Gasteiger charge is 2.37. The molecule has 1 aromatic carbocycles. The molecule has 0 radical (unpaired) electrons. The third kappa shape index (κ3) is 3.59. The van der Waals surface area contributed by atoms with Crippen LogP contribution in [-0.2, 0) is 11.2 Å². The fourth-order valence-electron chi connectivity index (χ4n) is 3.14. The number of methoxy groups -OCH3 is 1. The van der Waals surface area contributed by atoms with Crippen LogP contribution in [-0.4, -0.2) is 18.8 Å². The molecule has 2 N–H and O–H groups in total. The van der Waals surface area contributed by atoms with Crippen molar-refractivity contribution in [2.24, 2.45) is 5.73 Å². The summed E-state index contributed by atoms with van der Waals surface area (Å²) in [5.74, 6) is 0. The quantitative estimate of drug-likeness (QED) is 0.847. The fraction of sp³-hybridized carbons (Fsp3) is 0.625. The van der Waals surface area contributed by atoms with Gasteiger partial charge in [-0.2, -0.15) is 0 Å². The van der Waals surface area contributed by atoms with Gasteiger partial charge in [0.25, 0.3) is 0 Å². The Hall–Kier alpha value is -0.380. The highest BCUT2D eigenvalue weighted by Crippen LogP contribution is 2.34. The zero-order valence-electron chi connectivity index (χ0n) is 11.7. The summed E-state index contributed by atoms with van der Waals surface area (Å²) < 4.78 is 7.04. The van der Waals surface area contributed by atoms with Crippen molar-refractivity contribution in [2.45, 2.75) is 56.6 Å². The van der Waals surface area contributed by atoms with Crippen LogP contribution < -0.4 is 5.73 Å². The highest BCUT2D eigenvalue weighted by atomic mass is 79.9. The third-order valence-corrected chi connectivity index (χ3v) is 5.20. The Morgan fingerprint density at radius 3 is 2.42 bits per heavy atom. The van der Waals surface area contributed by atoms with Crippen LogP contribution in [0.1, 0.15) is 44.1 Å². The van der Waals surface area contributed by atoms with Crippen molar-refractivity contribution >= 4 is 15.9 Å². The molecule has 1 unspecified atom stereocenters. The molecule has 0 heterocycles. The second kappa shape index (κ2) is 6.87. The smallest absolute Gasteiger partial charge is 0.0832 e. The van der Waals surface area contributed by atoms with E-state index >= 15 is 0 Å². The molecule has 0 bridgehead atoms. The lowest BCUT2D eigenvalue weighted by molar-refractivity contribution is -0.0430. The van der Waals surface area contributed by atoms with Gasteiger partial charge in [-0.15, -0.1) is 0 Å². The first-order chi connectivity index (χ1) is 9.18.